The molecule has 0 radical (unpaired) electrons. The molecule has 126 valence electrons. The van der Waals surface area contributed by atoms with E-state index in [1.165, 1.54) is 0 Å². The van der Waals surface area contributed by atoms with Crippen LogP contribution in [0.3, 0.4) is 0 Å². The summed E-state index contributed by atoms with van der Waals surface area (Å²) in [6.45, 7) is 5.75. The fraction of sp³-hybridized carbons (Fsp3) is 0.263. The van der Waals surface area contributed by atoms with Gasteiger partial charge in [-0.2, -0.15) is 0 Å². The molecule has 2 aromatic rings. The van der Waals surface area contributed by atoms with Crippen LogP contribution >= 0.6 is 0 Å². The van der Waals surface area contributed by atoms with Gasteiger partial charge in [0.15, 0.2) is 6.61 Å². The molecule has 0 saturated heterocycles. The predicted octanol–water partition coefficient (Wildman–Crippen LogP) is 3.50. The van der Waals surface area contributed by atoms with E-state index in [4.69, 9.17) is 9.47 Å². The van der Waals surface area contributed by atoms with Crippen molar-refractivity contribution < 1.29 is 19.1 Å². The summed E-state index contributed by atoms with van der Waals surface area (Å²) in [4.78, 5) is 24.0. The zero-order valence-electron chi connectivity index (χ0n) is 14.1. The lowest BCUT2D eigenvalue weighted by Crippen LogP contribution is -2.22. The summed E-state index contributed by atoms with van der Waals surface area (Å²) >= 11 is 0. The molecule has 0 aliphatic heterocycles. The topological polar surface area (TPSA) is 64.6 Å². The number of esters is 1. The highest BCUT2D eigenvalue weighted by molar-refractivity contribution is 6.01. The van der Waals surface area contributed by atoms with E-state index in [2.05, 4.69) is 5.32 Å². The minimum absolute atomic E-state index is 0.137. The van der Waals surface area contributed by atoms with Gasteiger partial charge in [0, 0.05) is 0 Å². The second-order valence-electron chi connectivity index (χ2n) is 5.37. The van der Waals surface area contributed by atoms with Gasteiger partial charge in [-0.1, -0.05) is 24.3 Å². The minimum atomic E-state index is -0.469. The lowest BCUT2D eigenvalue weighted by molar-refractivity contribution is -0.118. The minimum Gasteiger partial charge on any atom is -0.483 e. The third-order valence-corrected chi connectivity index (χ3v) is 3.40. The predicted molar refractivity (Wildman–Crippen MR) is 92.4 cm³/mol. The van der Waals surface area contributed by atoms with Crippen LogP contribution in [-0.4, -0.2) is 25.1 Å². The number of hydrogen-bond donors (Lipinski definition) is 1. The molecule has 2 rings (SSSR count). The van der Waals surface area contributed by atoms with Crippen LogP contribution in [0.5, 0.6) is 5.75 Å². The number of aryl methyl sites for hydroxylation is 2. The average molecular weight is 327 g/mol. The summed E-state index contributed by atoms with van der Waals surface area (Å²) in [7, 11) is 0. The van der Waals surface area contributed by atoms with Gasteiger partial charge < -0.3 is 14.8 Å². The van der Waals surface area contributed by atoms with Gasteiger partial charge in [-0.15, -0.1) is 0 Å². The number of carbonyl (C=O) groups is 2. The van der Waals surface area contributed by atoms with E-state index in [1.54, 1.807) is 31.2 Å². The number of carbonyl (C=O) groups excluding carboxylic acids is 2. The molecule has 0 fully saturated rings. The van der Waals surface area contributed by atoms with Crippen molar-refractivity contribution in [1.82, 2.24) is 0 Å². The summed E-state index contributed by atoms with van der Waals surface area (Å²) in [5.41, 5.74) is 2.74. The maximum absolute atomic E-state index is 12.1. The maximum Gasteiger partial charge on any atom is 0.340 e. The van der Waals surface area contributed by atoms with Crippen LogP contribution in [0.1, 0.15) is 28.4 Å². The van der Waals surface area contributed by atoms with Crippen molar-refractivity contribution in [2.24, 2.45) is 0 Å². The van der Waals surface area contributed by atoms with Gasteiger partial charge in [-0.25, -0.2) is 4.79 Å². The number of para-hydroxylation sites is 1. The van der Waals surface area contributed by atoms with Gasteiger partial charge in [-0.3, -0.25) is 4.79 Å². The summed E-state index contributed by atoms with van der Waals surface area (Å²) in [5.74, 6) is -0.139. The molecule has 5 heteroatoms. The average Bonchev–Trinajstić information content (AvgIpc) is 2.56. The summed E-state index contributed by atoms with van der Waals surface area (Å²) in [6, 6.07) is 12.5. The Morgan fingerprint density at radius 2 is 1.83 bits per heavy atom. The van der Waals surface area contributed by atoms with Crippen molar-refractivity contribution in [3.05, 3.63) is 59.2 Å². The third kappa shape index (κ3) is 4.59. The molecule has 0 atom stereocenters. The van der Waals surface area contributed by atoms with Gasteiger partial charge in [0.1, 0.15) is 5.75 Å². The zero-order valence-corrected chi connectivity index (χ0v) is 14.1. The Labute approximate surface area is 141 Å². The van der Waals surface area contributed by atoms with E-state index >= 15 is 0 Å². The maximum atomic E-state index is 12.1. The highest BCUT2D eigenvalue weighted by Gasteiger charge is 2.14. The van der Waals surface area contributed by atoms with Crippen LogP contribution in [0.4, 0.5) is 5.69 Å². The Morgan fingerprint density at radius 1 is 1.08 bits per heavy atom. The van der Waals surface area contributed by atoms with E-state index in [0.717, 1.165) is 11.1 Å². The van der Waals surface area contributed by atoms with Crippen molar-refractivity contribution in [3.63, 3.8) is 0 Å². The van der Waals surface area contributed by atoms with E-state index in [9.17, 15) is 9.59 Å². The van der Waals surface area contributed by atoms with Crippen LogP contribution in [0.2, 0.25) is 0 Å². The molecule has 0 unspecified atom stereocenters. The molecule has 0 bridgehead atoms. The Kier molecular flexibility index (Phi) is 5.95. The molecule has 1 amide bonds. The number of anilines is 1. The van der Waals surface area contributed by atoms with Crippen molar-refractivity contribution >= 4 is 17.6 Å². The van der Waals surface area contributed by atoms with Gasteiger partial charge in [0.25, 0.3) is 5.91 Å². The van der Waals surface area contributed by atoms with Crippen molar-refractivity contribution in [3.8, 4) is 5.75 Å². The number of amides is 1. The second kappa shape index (κ2) is 8.15. The van der Waals surface area contributed by atoms with Crippen LogP contribution in [0.15, 0.2) is 42.5 Å². The first-order chi connectivity index (χ1) is 11.5. The van der Waals surface area contributed by atoms with Gasteiger partial charge in [0.05, 0.1) is 17.9 Å². The van der Waals surface area contributed by atoms with E-state index < -0.39 is 5.97 Å². The molecule has 0 spiro atoms. The lowest BCUT2D eigenvalue weighted by atomic mass is 10.1. The first kappa shape index (κ1) is 17.5. The van der Waals surface area contributed by atoms with Crippen LogP contribution < -0.4 is 10.1 Å². The van der Waals surface area contributed by atoms with Crippen molar-refractivity contribution in [1.29, 1.82) is 0 Å². The quantitative estimate of drug-likeness (QED) is 0.825. The normalized spacial score (nSPS) is 10.1. The number of nitrogens with one attached hydrogen (secondary N) is 1. The largest absolute Gasteiger partial charge is 0.483 e. The number of rotatable bonds is 6. The van der Waals surface area contributed by atoms with Crippen LogP contribution in [0.25, 0.3) is 0 Å². The Hall–Kier alpha value is -2.82. The van der Waals surface area contributed by atoms with Gasteiger partial charge >= 0.3 is 5.97 Å². The molecule has 1 N–H and O–H groups in total. The zero-order chi connectivity index (χ0) is 17.5. The van der Waals surface area contributed by atoms with E-state index in [0.29, 0.717) is 17.0 Å². The number of hydrogen-bond acceptors (Lipinski definition) is 4. The van der Waals surface area contributed by atoms with Gasteiger partial charge in [0.2, 0.25) is 0 Å². The van der Waals surface area contributed by atoms with Crippen molar-refractivity contribution in [2.75, 3.05) is 18.5 Å². The Morgan fingerprint density at radius 3 is 2.58 bits per heavy atom. The first-order valence-corrected chi connectivity index (χ1v) is 7.77. The molecular formula is C19H21NO4. The smallest absolute Gasteiger partial charge is 0.340 e. The summed E-state index contributed by atoms with van der Waals surface area (Å²) < 4.78 is 10.6. The molecule has 0 aliphatic carbocycles. The Bertz CT molecular complexity index is 740. The SMILES string of the molecule is CCOC(=O)c1ccccc1NC(=O)COc1cc(C)ccc1C. The molecular weight excluding hydrogens is 306 g/mol. The molecule has 0 saturated carbocycles. The fourth-order valence-corrected chi connectivity index (χ4v) is 2.17. The lowest BCUT2D eigenvalue weighted by Gasteiger charge is -2.12. The molecule has 0 aliphatic rings. The second-order valence-corrected chi connectivity index (χ2v) is 5.37. The standard InChI is InChI=1S/C19H21NO4/c1-4-23-19(22)15-7-5-6-8-16(15)20-18(21)12-24-17-11-13(2)9-10-14(17)3/h5-11H,4,12H2,1-3H3,(H,20,21). The van der Waals surface area contributed by atoms with Crippen LogP contribution in [0, 0.1) is 13.8 Å². The van der Waals surface area contributed by atoms with E-state index in [1.807, 2.05) is 32.0 Å². The molecule has 0 heterocycles. The third-order valence-electron chi connectivity index (χ3n) is 3.40. The molecule has 2 aromatic carbocycles. The molecule has 5 nitrogen and oxygen atoms in total. The monoisotopic (exact) mass is 327 g/mol. The van der Waals surface area contributed by atoms with Crippen LogP contribution in [-0.2, 0) is 9.53 Å². The molecule has 0 aromatic heterocycles. The first-order valence-electron chi connectivity index (χ1n) is 7.77. The summed E-state index contributed by atoms with van der Waals surface area (Å²) in [5, 5.41) is 2.69. The van der Waals surface area contributed by atoms with Gasteiger partial charge in [-0.05, 0) is 50.1 Å². The Balaban J connectivity index is 2.02. The number of benzene rings is 2. The molecule has 24 heavy (non-hydrogen) atoms. The number of ether oxygens (including phenoxy) is 2. The fourth-order valence-electron chi connectivity index (χ4n) is 2.17. The summed E-state index contributed by atoms with van der Waals surface area (Å²) in [6.07, 6.45) is 0. The van der Waals surface area contributed by atoms with Crippen molar-refractivity contribution in [2.45, 2.75) is 20.8 Å². The van der Waals surface area contributed by atoms with E-state index in [-0.39, 0.29) is 19.1 Å². The highest BCUT2D eigenvalue weighted by Crippen LogP contribution is 2.20. The highest BCUT2D eigenvalue weighted by atomic mass is 16.5.